The Hall–Kier alpha value is -3.10. The molecular formula is C26H30N4O3S. The number of ether oxygens (including phenoxy) is 2. The third-order valence-electron chi connectivity index (χ3n) is 5.53. The standard InChI is InChI=1S/C26H30N4O3S/c1-4-14-30-24(17-32-23-13-9-8-12-22(23)21-10-6-5-7-11-21)27-28-26(30)34-18-25(31)29-15-19(2)33-20(3)16-29/h4-13,19-20H,1,14-18H2,2-3H3. The number of para-hydroxylation sites is 1. The summed E-state index contributed by atoms with van der Waals surface area (Å²) in [5.41, 5.74) is 2.11. The topological polar surface area (TPSA) is 69.5 Å². The zero-order valence-corrected chi connectivity index (χ0v) is 20.4. The number of nitrogens with zero attached hydrogens (tertiary/aromatic N) is 4. The van der Waals surface area contributed by atoms with Crippen molar-refractivity contribution in [3.63, 3.8) is 0 Å². The summed E-state index contributed by atoms with van der Waals surface area (Å²) in [6.45, 7) is 9.87. The highest BCUT2D eigenvalue weighted by atomic mass is 32.2. The summed E-state index contributed by atoms with van der Waals surface area (Å²) in [4.78, 5) is 14.6. The first-order valence-electron chi connectivity index (χ1n) is 11.4. The second kappa shape index (κ2) is 11.4. The third kappa shape index (κ3) is 5.87. The molecule has 0 saturated carbocycles. The molecule has 0 N–H and O–H groups in total. The molecule has 1 aliphatic heterocycles. The predicted molar refractivity (Wildman–Crippen MR) is 134 cm³/mol. The number of benzene rings is 2. The lowest BCUT2D eigenvalue weighted by Gasteiger charge is -2.35. The van der Waals surface area contributed by atoms with Gasteiger partial charge in [0.15, 0.2) is 11.0 Å². The fourth-order valence-electron chi connectivity index (χ4n) is 4.04. The van der Waals surface area contributed by atoms with E-state index < -0.39 is 0 Å². The number of rotatable bonds is 9. The van der Waals surface area contributed by atoms with Crippen LogP contribution in [0.3, 0.4) is 0 Å². The van der Waals surface area contributed by atoms with Crippen LogP contribution in [0.4, 0.5) is 0 Å². The van der Waals surface area contributed by atoms with Crippen LogP contribution in [0.5, 0.6) is 5.75 Å². The Bertz CT molecular complexity index is 1110. The molecule has 0 aliphatic carbocycles. The molecule has 34 heavy (non-hydrogen) atoms. The van der Waals surface area contributed by atoms with Gasteiger partial charge >= 0.3 is 0 Å². The molecule has 1 aliphatic rings. The van der Waals surface area contributed by atoms with Crippen molar-refractivity contribution < 1.29 is 14.3 Å². The van der Waals surface area contributed by atoms with E-state index >= 15 is 0 Å². The molecule has 1 amide bonds. The second-order valence-corrected chi connectivity index (χ2v) is 9.24. The summed E-state index contributed by atoms with van der Waals surface area (Å²) in [5.74, 6) is 1.84. The lowest BCUT2D eigenvalue weighted by atomic mass is 10.1. The van der Waals surface area contributed by atoms with Crippen molar-refractivity contribution in [2.24, 2.45) is 0 Å². The van der Waals surface area contributed by atoms with Crippen molar-refractivity contribution in [3.05, 3.63) is 73.1 Å². The van der Waals surface area contributed by atoms with Crippen molar-refractivity contribution in [3.8, 4) is 16.9 Å². The van der Waals surface area contributed by atoms with E-state index in [4.69, 9.17) is 9.47 Å². The first kappa shape index (κ1) is 24.0. The van der Waals surface area contributed by atoms with Gasteiger partial charge in [-0.2, -0.15) is 0 Å². The maximum Gasteiger partial charge on any atom is 0.233 e. The molecule has 0 spiro atoms. The minimum Gasteiger partial charge on any atom is -0.485 e. The van der Waals surface area contributed by atoms with Gasteiger partial charge < -0.3 is 14.4 Å². The van der Waals surface area contributed by atoms with Gasteiger partial charge in [-0.25, -0.2) is 0 Å². The van der Waals surface area contributed by atoms with Gasteiger partial charge in [0, 0.05) is 25.2 Å². The monoisotopic (exact) mass is 478 g/mol. The predicted octanol–water partition coefficient (Wildman–Crippen LogP) is 4.44. The highest BCUT2D eigenvalue weighted by molar-refractivity contribution is 7.99. The molecule has 0 bridgehead atoms. The van der Waals surface area contributed by atoms with E-state index in [1.807, 2.05) is 65.8 Å². The first-order chi connectivity index (χ1) is 16.5. The molecule has 7 nitrogen and oxygen atoms in total. The minimum atomic E-state index is 0.0460. The van der Waals surface area contributed by atoms with Gasteiger partial charge in [-0.15, -0.1) is 16.8 Å². The number of carbonyl (C=O) groups is 1. The largest absolute Gasteiger partial charge is 0.485 e. The molecule has 0 radical (unpaired) electrons. The Morgan fingerprint density at radius 1 is 1.12 bits per heavy atom. The Balaban J connectivity index is 1.43. The van der Waals surface area contributed by atoms with Crippen molar-refractivity contribution in [2.45, 2.75) is 44.4 Å². The van der Waals surface area contributed by atoms with Gasteiger partial charge in [0.1, 0.15) is 12.4 Å². The van der Waals surface area contributed by atoms with E-state index in [9.17, 15) is 4.79 Å². The first-order valence-corrected chi connectivity index (χ1v) is 12.4. The fraction of sp³-hybridized carbons (Fsp3) is 0.346. The molecule has 4 rings (SSSR count). The maximum absolute atomic E-state index is 12.8. The molecule has 1 aromatic heterocycles. The fourth-order valence-corrected chi connectivity index (χ4v) is 4.90. The molecule has 1 saturated heterocycles. The molecule has 2 aromatic carbocycles. The van der Waals surface area contributed by atoms with E-state index in [2.05, 4.69) is 28.9 Å². The highest BCUT2D eigenvalue weighted by Gasteiger charge is 2.26. The van der Waals surface area contributed by atoms with Gasteiger partial charge in [-0.05, 0) is 25.5 Å². The molecular weight excluding hydrogens is 448 g/mol. The molecule has 2 heterocycles. The number of carbonyl (C=O) groups excluding carboxylic acids is 1. The third-order valence-corrected chi connectivity index (χ3v) is 6.48. The lowest BCUT2D eigenvalue weighted by Crippen LogP contribution is -2.48. The van der Waals surface area contributed by atoms with Gasteiger partial charge in [0.05, 0.1) is 18.0 Å². The molecule has 2 unspecified atom stereocenters. The van der Waals surface area contributed by atoms with E-state index in [1.54, 1.807) is 6.08 Å². The lowest BCUT2D eigenvalue weighted by molar-refractivity contribution is -0.140. The Morgan fingerprint density at radius 3 is 2.56 bits per heavy atom. The van der Waals surface area contributed by atoms with Crippen LogP contribution in [-0.2, 0) is 22.7 Å². The van der Waals surface area contributed by atoms with E-state index in [-0.39, 0.29) is 24.7 Å². The SMILES string of the molecule is C=CCn1c(COc2ccccc2-c2ccccc2)nnc1SCC(=O)N1CC(C)OC(C)C1. The summed E-state index contributed by atoms with van der Waals surface area (Å²) >= 11 is 1.39. The quantitative estimate of drug-likeness (QED) is 0.335. The number of allylic oxidation sites excluding steroid dienone is 1. The van der Waals surface area contributed by atoms with Crippen LogP contribution in [0.15, 0.2) is 72.4 Å². The smallest absolute Gasteiger partial charge is 0.233 e. The molecule has 2 atom stereocenters. The number of aromatic nitrogens is 3. The van der Waals surface area contributed by atoms with E-state index in [1.165, 1.54) is 11.8 Å². The summed E-state index contributed by atoms with van der Waals surface area (Å²) in [7, 11) is 0. The zero-order chi connectivity index (χ0) is 23.9. The van der Waals surface area contributed by atoms with Crippen molar-refractivity contribution in [1.29, 1.82) is 0 Å². The summed E-state index contributed by atoms with van der Waals surface area (Å²) in [6, 6.07) is 18.1. The molecule has 3 aromatic rings. The average molecular weight is 479 g/mol. The van der Waals surface area contributed by atoms with Crippen LogP contribution in [0.2, 0.25) is 0 Å². The number of thioether (sulfide) groups is 1. The van der Waals surface area contributed by atoms with Crippen LogP contribution in [0.1, 0.15) is 19.7 Å². The van der Waals surface area contributed by atoms with Gasteiger partial charge in [-0.3, -0.25) is 9.36 Å². The number of morpholine rings is 1. The summed E-state index contributed by atoms with van der Waals surface area (Å²) < 4.78 is 13.8. The van der Waals surface area contributed by atoms with Gasteiger partial charge in [0.25, 0.3) is 0 Å². The normalized spacial score (nSPS) is 18.0. The minimum absolute atomic E-state index is 0.0460. The van der Waals surface area contributed by atoms with Crippen LogP contribution in [-0.4, -0.2) is 56.6 Å². The zero-order valence-electron chi connectivity index (χ0n) is 19.6. The van der Waals surface area contributed by atoms with Crippen LogP contribution in [0, 0.1) is 0 Å². The molecule has 8 heteroatoms. The summed E-state index contributed by atoms with van der Waals surface area (Å²) in [5, 5.41) is 9.35. The summed E-state index contributed by atoms with van der Waals surface area (Å²) in [6.07, 6.45) is 1.89. The van der Waals surface area contributed by atoms with Crippen molar-refractivity contribution >= 4 is 17.7 Å². The number of hydrogen-bond donors (Lipinski definition) is 0. The van der Waals surface area contributed by atoms with Crippen molar-refractivity contribution in [1.82, 2.24) is 19.7 Å². The highest BCUT2D eigenvalue weighted by Crippen LogP contribution is 2.30. The number of hydrogen-bond acceptors (Lipinski definition) is 6. The number of amides is 1. The Labute approximate surface area is 204 Å². The van der Waals surface area contributed by atoms with Gasteiger partial charge in [0.2, 0.25) is 5.91 Å². The van der Waals surface area contributed by atoms with Crippen LogP contribution < -0.4 is 4.74 Å². The molecule has 1 fully saturated rings. The Morgan fingerprint density at radius 2 is 1.82 bits per heavy atom. The van der Waals surface area contributed by atoms with E-state index in [0.29, 0.717) is 36.4 Å². The van der Waals surface area contributed by atoms with Gasteiger partial charge in [-0.1, -0.05) is 66.4 Å². The van der Waals surface area contributed by atoms with Crippen LogP contribution >= 0.6 is 11.8 Å². The van der Waals surface area contributed by atoms with Crippen LogP contribution in [0.25, 0.3) is 11.1 Å². The Kier molecular flexibility index (Phi) is 8.03. The molecule has 178 valence electrons. The van der Waals surface area contributed by atoms with Crippen molar-refractivity contribution in [2.75, 3.05) is 18.8 Å². The van der Waals surface area contributed by atoms with E-state index in [0.717, 1.165) is 16.9 Å². The maximum atomic E-state index is 12.8. The second-order valence-electron chi connectivity index (χ2n) is 8.29. The average Bonchev–Trinajstić information content (AvgIpc) is 3.23.